The first kappa shape index (κ1) is 9.59. The van der Waals surface area contributed by atoms with Crippen LogP contribution in [0.4, 0.5) is 0 Å². The van der Waals surface area contributed by atoms with Crippen LogP contribution in [0.3, 0.4) is 0 Å². The predicted octanol–water partition coefficient (Wildman–Crippen LogP) is 3.54. The van der Waals surface area contributed by atoms with Crippen molar-refractivity contribution < 1.29 is 4.74 Å². The summed E-state index contributed by atoms with van der Waals surface area (Å²) in [5, 5.41) is 0. The smallest absolute Gasteiger partial charge is 0.132 e. The van der Waals surface area contributed by atoms with E-state index in [1.807, 2.05) is 6.08 Å². The normalized spacial score (nSPS) is 17.4. The van der Waals surface area contributed by atoms with Gasteiger partial charge in [0.1, 0.15) is 5.76 Å². The highest BCUT2D eigenvalue weighted by Gasteiger charge is 2.03. The zero-order chi connectivity index (χ0) is 8.97. The molecule has 0 fully saturated rings. The molecule has 0 saturated carbocycles. The number of hydrogen-bond donors (Lipinski definition) is 0. The van der Waals surface area contributed by atoms with Crippen molar-refractivity contribution in [3.05, 3.63) is 34.0 Å². The molecule has 0 unspecified atom stereocenters. The van der Waals surface area contributed by atoms with E-state index in [9.17, 15) is 0 Å². The number of rotatable bonds is 2. The molecule has 0 spiro atoms. The third-order valence-corrected chi connectivity index (χ3v) is 2.54. The number of halogens is 1. The van der Waals surface area contributed by atoms with Gasteiger partial charge in [-0.25, -0.2) is 0 Å². The Bertz CT molecular complexity index is 249. The minimum atomic E-state index is 0.917. The first-order valence-electron chi connectivity index (χ1n) is 4.07. The SMILES string of the molecule is CCC1=CC(OC)=C(Br)C=CC1. The van der Waals surface area contributed by atoms with E-state index in [2.05, 4.69) is 35.0 Å². The number of ether oxygens (including phenoxy) is 1. The van der Waals surface area contributed by atoms with Gasteiger partial charge in [0.05, 0.1) is 11.6 Å². The Kier molecular flexibility index (Phi) is 3.60. The van der Waals surface area contributed by atoms with Crippen LogP contribution >= 0.6 is 15.9 Å². The van der Waals surface area contributed by atoms with Crippen molar-refractivity contribution in [1.29, 1.82) is 0 Å². The molecule has 12 heavy (non-hydrogen) atoms. The van der Waals surface area contributed by atoms with E-state index in [-0.39, 0.29) is 0 Å². The third-order valence-electron chi connectivity index (χ3n) is 1.89. The highest BCUT2D eigenvalue weighted by atomic mass is 79.9. The molecule has 0 bridgehead atoms. The predicted molar refractivity (Wildman–Crippen MR) is 55.1 cm³/mol. The maximum Gasteiger partial charge on any atom is 0.132 e. The molecule has 2 heteroatoms. The second-order valence-corrected chi connectivity index (χ2v) is 3.53. The number of methoxy groups -OCH3 is 1. The maximum absolute atomic E-state index is 5.22. The molecule has 0 saturated heterocycles. The summed E-state index contributed by atoms with van der Waals surface area (Å²) in [6, 6.07) is 0. The van der Waals surface area contributed by atoms with Gasteiger partial charge in [0.25, 0.3) is 0 Å². The fourth-order valence-corrected chi connectivity index (χ4v) is 1.58. The van der Waals surface area contributed by atoms with Crippen LogP contribution in [0.2, 0.25) is 0 Å². The van der Waals surface area contributed by atoms with Crippen LogP contribution in [0.15, 0.2) is 34.0 Å². The fraction of sp³-hybridized carbons (Fsp3) is 0.400. The van der Waals surface area contributed by atoms with Crippen molar-refractivity contribution in [2.45, 2.75) is 19.8 Å². The van der Waals surface area contributed by atoms with Gasteiger partial charge >= 0.3 is 0 Å². The molecule has 0 aromatic carbocycles. The molecule has 1 nitrogen and oxygen atoms in total. The van der Waals surface area contributed by atoms with Crippen molar-refractivity contribution in [2.75, 3.05) is 7.11 Å². The molecule has 0 aromatic rings. The zero-order valence-electron chi connectivity index (χ0n) is 7.43. The number of hydrogen-bond acceptors (Lipinski definition) is 1. The van der Waals surface area contributed by atoms with Crippen molar-refractivity contribution in [3.63, 3.8) is 0 Å². The van der Waals surface area contributed by atoms with E-state index >= 15 is 0 Å². The molecule has 0 heterocycles. The second kappa shape index (κ2) is 4.51. The summed E-state index contributed by atoms with van der Waals surface area (Å²) in [6.07, 6.45) is 8.39. The molecule has 0 radical (unpaired) electrons. The van der Waals surface area contributed by atoms with Crippen LogP contribution < -0.4 is 0 Å². The van der Waals surface area contributed by atoms with Gasteiger partial charge in [0, 0.05) is 0 Å². The van der Waals surface area contributed by atoms with Gasteiger partial charge in [-0.3, -0.25) is 0 Å². The Labute approximate surface area is 81.9 Å². The molecular formula is C10H13BrO. The Hall–Kier alpha value is -0.500. The lowest BCUT2D eigenvalue weighted by atomic mass is 10.1. The van der Waals surface area contributed by atoms with E-state index in [0.29, 0.717) is 0 Å². The van der Waals surface area contributed by atoms with Crippen LogP contribution in [0.5, 0.6) is 0 Å². The van der Waals surface area contributed by atoms with E-state index in [0.717, 1.165) is 23.1 Å². The summed E-state index contributed by atoms with van der Waals surface area (Å²) >= 11 is 3.44. The summed E-state index contributed by atoms with van der Waals surface area (Å²) in [4.78, 5) is 0. The lowest BCUT2D eigenvalue weighted by Gasteiger charge is -2.02. The van der Waals surface area contributed by atoms with Gasteiger partial charge in [-0.15, -0.1) is 0 Å². The summed E-state index contributed by atoms with van der Waals surface area (Å²) in [5.41, 5.74) is 1.40. The first-order valence-corrected chi connectivity index (χ1v) is 4.87. The Morgan fingerprint density at radius 1 is 1.58 bits per heavy atom. The molecule has 1 rings (SSSR count). The second-order valence-electron chi connectivity index (χ2n) is 2.68. The van der Waals surface area contributed by atoms with Crippen molar-refractivity contribution >= 4 is 15.9 Å². The quantitative estimate of drug-likeness (QED) is 0.703. The highest BCUT2D eigenvalue weighted by molar-refractivity contribution is 9.11. The lowest BCUT2D eigenvalue weighted by molar-refractivity contribution is 0.305. The van der Waals surface area contributed by atoms with Crippen molar-refractivity contribution in [2.24, 2.45) is 0 Å². The molecule has 0 atom stereocenters. The van der Waals surface area contributed by atoms with Crippen LogP contribution in [0.25, 0.3) is 0 Å². The summed E-state index contributed by atoms with van der Waals surface area (Å²) < 4.78 is 6.24. The lowest BCUT2D eigenvalue weighted by Crippen LogP contribution is -1.85. The molecule has 1 aliphatic carbocycles. The molecular weight excluding hydrogens is 216 g/mol. The van der Waals surface area contributed by atoms with Gasteiger partial charge in [-0.05, 0) is 40.9 Å². The largest absolute Gasteiger partial charge is 0.496 e. The third kappa shape index (κ3) is 2.24. The van der Waals surface area contributed by atoms with E-state index in [1.165, 1.54) is 5.57 Å². The van der Waals surface area contributed by atoms with E-state index in [1.54, 1.807) is 7.11 Å². The molecule has 0 aromatic heterocycles. The fourth-order valence-electron chi connectivity index (χ4n) is 1.11. The van der Waals surface area contributed by atoms with Gasteiger partial charge in [0.15, 0.2) is 0 Å². The van der Waals surface area contributed by atoms with Crippen LogP contribution in [0, 0.1) is 0 Å². The van der Waals surface area contributed by atoms with Gasteiger partial charge in [0.2, 0.25) is 0 Å². The van der Waals surface area contributed by atoms with Crippen molar-refractivity contribution in [1.82, 2.24) is 0 Å². The topological polar surface area (TPSA) is 9.23 Å². The van der Waals surface area contributed by atoms with E-state index < -0.39 is 0 Å². The summed E-state index contributed by atoms with van der Waals surface area (Å²) in [7, 11) is 1.69. The van der Waals surface area contributed by atoms with Crippen LogP contribution in [-0.2, 0) is 4.74 Å². The average molecular weight is 229 g/mol. The van der Waals surface area contributed by atoms with Gasteiger partial charge < -0.3 is 4.74 Å². The van der Waals surface area contributed by atoms with Crippen LogP contribution in [-0.4, -0.2) is 7.11 Å². The van der Waals surface area contributed by atoms with Gasteiger partial charge in [-0.2, -0.15) is 0 Å². The number of allylic oxidation sites excluding steroid dienone is 5. The monoisotopic (exact) mass is 228 g/mol. The summed E-state index contributed by atoms with van der Waals surface area (Å²) in [5.74, 6) is 0.917. The highest BCUT2D eigenvalue weighted by Crippen LogP contribution is 2.23. The molecule has 66 valence electrons. The molecule has 1 aliphatic rings. The standard InChI is InChI=1S/C10H13BrO/c1-3-8-5-4-6-9(11)10(7-8)12-2/h4,6-7H,3,5H2,1-2H3. The van der Waals surface area contributed by atoms with Gasteiger partial charge in [-0.1, -0.05) is 18.6 Å². The zero-order valence-corrected chi connectivity index (χ0v) is 9.02. The minimum Gasteiger partial charge on any atom is -0.496 e. The van der Waals surface area contributed by atoms with E-state index in [4.69, 9.17) is 4.74 Å². The van der Waals surface area contributed by atoms with Crippen molar-refractivity contribution in [3.8, 4) is 0 Å². The average Bonchev–Trinajstić information content (AvgIpc) is 2.27. The minimum absolute atomic E-state index is 0.917. The molecule has 0 aliphatic heterocycles. The maximum atomic E-state index is 5.22. The Morgan fingerprint density at radius 3 is 2.92 bits per heavy atom. The first-order chi connectivity index (χ1) is 5.77. The van der Waals surface area contributed by atoms with Crippen LogP contribution in [0.1, 0.15) is 19.8 Å². The molecule has 0 amide bonds. The molecule has 0 N–H and O–H groups in total. The Balaban J connectivity index is 2.94. The Morgan fingerprint density at radius 2 is 2.33 bits per heavy atom. The summed E-state index contributed by atoms with van der Waals surface area (Å²) in [6.45, 7) is 2.16.